The standard InChI is InChI=1S/C18H17ClO2/c19-16-8-6-14(7-9-16)12-18(15-4-2-1-3-5-15)20-11-10-17-13-21-17/h1-9,12,17H,10-11,13H2/b18-12+. The van der Waals surface area contributed by atoms with Crippen molar-refractivity contribution in [2.45, 2.75) is 12.5 Å². The van der Waals surface area contributed by atoms with Crippen molar-refractivity contribution in [3.05, 3.63) is 70.7 Å². The summed E-state index contributed by atoms with van der Waals surface area (Å²) < 4.78 is 11.2. The summed E-state index contributed by atoms with van der Waals surface area (Å²) in [6.45, 7) is 1.53. The predicted molar refractivity (Wildman–Crippen MR) is 86.1 cm³/mol. The number of ether oxygens (including phenoxy) is 2. The van der Waals surface area contributed by atoms with Crippen LogP contribution in [0, 0.1) is 0 Å². The van der Waals surface area contributed by atoms with Crippen molar-refractivity contribution in [3.63, 3.8) is 0 Å². The van der Waals surface area contributed by atoms with Gasteiger partial charge >= 0.3 is 0 Å². The van der Waals surface area contributed by atoms with Gasteiger partial charge in [-0.15, -0.1) is 0 Å². The highest BCUT2D eigenvalue weighted by atomic mass is 35.5. The lowest BCUT2D eigenvalue weighted by molar-refractivity contribution is 0.253. The van der Waals surface area contributed by atoms with E-state index in [-0.39, 0.29) is 0 Å². The van der Waals surface area contributed by atoms with E-state index in [1.165, 1.54) is 0 Å². The first kappa shape index (κ1) is 14.2. The molecule has 0 radical (unpaired) electrons. The summed E-state index contributed by atoms with van der Waals surface area (Å²) in [5.41, 5.74) is 2.14. The molecule has 1 heterocycles. The molecular formula is C18H17ClO2. The van der Waals surface area contributed by atoms with Crippen LogP contribution in [-0.2, 0) is 9.47 Å². The van der Waals surface area contributed by atoms with Crippen molar-refractivity contribution in [1.29, 1.82) is 0 Å². The third-order valence-corrected chi connectivity index (χ3v) is 3.58. The molecule has 1 saturated heterocycles. The lowest BCUT2D eigenvalue weighted by atomic mass is 10.1. The molecule has 1 unspecified atom stereocenters. The van der Waals surface area contributed by atoms with Crippen molar-refractivity contribution < 1.29 is 9.47 Å². The van der Waals surface area contributed by atoms with Gasteiger partial charge in [-0.1, -0.05) is 54.1 Å². The molecular weight excluding hydrogens is 284 g/mol. The van der Waals surface area contributed by atoms with Crippen LogP contribution in [0.15, 0.2) is 54.6 Å². The van der Waals surface area contributed by atoms with Gasteiger partial charge in [0.2, 0.25) is 0 Å². The topological polar surface area (TPSA) is 21.8 Å². The highest BCUT2D eigenvalue weighted by Gasteiger charge is 2.22. The van der Waals surface area contributed by atoms with Gasteiger partial charge in [0.1, 0.15) is 5.76 Å². The number of benzene rings is 2. The van der Waals surface area contributed by atoms with Crippen molar-refractivity contribution in [3.8, 4) is 0 Å². The van der Waals surface area contributed by atoms with E-state index < -0.39 is 0 Å². The normalized spacial score (nSPS) is 17.6. The maximum absolute atomic E-state index is 5.96. The van der Waals surface area contributed by atoms with Gasteiger partial charge in [-0.05, 0) is 23.8 Å². The van der Waals surface area contributed by atoms with E-state index in [0.717, 1.165) is 34.9 Å². The van der Waals surface area contributed by atoms with E-state index in [2.05, 4.69) is 12.1 Å². The van der Waals surface area contributed by atoms with Crippen LogP contribution in [0.3, 0.4) is 0 Å². The van der Waals surface area contributed by atoms with Crippen LogP contribution in [0.2, 0.25) is 5.02 Å². The van der Waals surface area contributed by atoms with Crippen LogP contribution in [0.4, 0.5) is 0 Å². The van der Waals surface area contributed by atoms with Crippen molar-refractivity contribution in [2.75, 3.05) is 13.2 Å². The lowest BCUT2D eigenvalue weighted by Gasteiger charge is -2.10. The smallest absolute Gasteiger partial charge is 0.127 e. The monoisotopic (exact) mass is 300 g/mol. The second-order valence-electron chi connectivity index (χ2n) is 5.02. The van der Waals surface area contributed by atoms with Crippen molar-refractivity contribution in [2.24, 2.45) is 0 Å². The van der Waals surface area contributed by atoms with Crippen LogP contribution in [-0.4, -0.2) is 19.3 Å². The lowest BCUT2D eigenvalue weighted by Crippen LogP contribution is -1.98. The minimum absolute atomic E-state index is 0.387. The van der Waals surface area contributed by atoms with Crippen LogP contribution in [0.5, 0.6) is 0 Å². The van der Waals surface area contributed by atoms with Crippen LogP contribution < -0.4 is 0 Å². The van der Waals surface area contributed by atoms with Gasteiger partial charge in [0.05, 0.1) is 19.3 Å². The number of hydrogen-bond donors (Lipinski definition) is 0. The number of hydrogen-bond acceptors (Lipinski definition) is 2. The first-order valence-electron chi connectivity index (χ1n) is 7.08. The van der Waals surface area contributed by atoms with E-state index in [1.807, 2.05) is 48.5 Å². The fourth-order valence-corrected chi connectivity index (χ4v) is 2.18. The molecule has 3 heteroatoms. The molecule has 0 saturated carbocycles. The Balaban J connectivity index is 1.78. The van der Waals surface area contributed by atoms with E-state index in [0.29, 0.717) is 12.7 Å². The molecule has 2 aromatic carbocycles. The molecule has 108 valence electrons. The van der Waals surface area contributed by atoms with Gasteiger partial charge in [0, 0.05) is 17.0 Å². The van der Waals surface area contributed by atoms with Crippen molar-refractivity contribution >= 4 is 23.4 Å². The zero-order valence-corrected chi connectivity index (χ0v) is 12.4. The zero-order valence-electron chi connectivity index (χ0n) is 11.7. The van der Waals surface area contributed by atoms with Crippen LogP contribution >= 0.6 is 11.6 Å². The molecule has 1 aliphatic rings. The van der Waals surface area contributed by atoms with Crippen LogP contribution in [0.25, 0.3) is 11.8 Å². The first-order valence-corrected chi connectivity index (χ1v) is 7.46. The minimum atomic E-state index is 0.387. The fourth-order valence-electron chi connectivity index (χ4n) is 2.06. The molecule has 0 amide bonds. The summed E-state index contributed by atoms with van der Waals surface area (Å²) in [5.74, 6) is 0.874. The number of rotatable bonds is 6. The molecule has 1 aliphatic heterocycles. The van der Waals surface area contributed by atoms with Crippen molar-refractivity contribution in [1.82, 2.24) is 0 Å². The average molecular weight is 301 g/mol. The highest BCUT2D eigenvalue weighted by Crippen LogP contribution is 2.22. The largest absolute Gasteiger partial charge is 0.493 e. The molecule has 0 aromatic heterocycles. The fraction of sp³-hybridized carbons (Fsp3) is 0.222. The van der Waals surface area contributed by atoms with E-state index >= 15 is 0 Å². The molecule has 2 nitrogen and oxygen atoms in total. The average Bonchev–Trinajstić information content (AvgIpc) is 3.33. The third kappa shape index (κ3) is 4.35. The predicted octanol–water partition coefficient (Wildman–Crippen LogP) is 4.64. The molecule has 0 N–H and O–H groups in total. The SMILES string of the molecule is Clc1ccc(/C=C(/OCCC2CO2)c2ccccc2)cc1. The molecule has 0 spiro atoms. The Hall–Kier alpha value is -1.77. The minimum Gasteiger partial charge on any atom is -0.493 e. The summed E-state index contributed by atoms with van der Waals surface area (Å²) in [4.78, 5) is 0. The van der Waals surface area contributed by atoms with E-state index in [4.69, 9.17) is 21.1 Å². The summed E-state index contributed by atoms with van der Waals surface area (Å²) in [6.07, 6.45) is 3.36. The Kier molecular flexibility index (Phi) is 4.59. The van der Waals surface area contributed by atoms with Gasteiger partial charge in [0.15, 0.2) is 0 Å². The zero-order chi connectivity index (χ0) is 14.5. The summed E-state index contributed by atoms with van der Waals surface area (Å²) in [7, 11) is 0. The molecule has 1 atom stereocenters. The second-order valence-corrected chi connectivity index (χ2v) is 5.46. The molecule has 1 fully saturated rings. The number of epoxide rings is 1. The summed E-state index contributed by atoms with van der Waals surface area (Å²) >= 11 is 5.92. The highest BCUT2D eigenvalue weighted by molar-refractivity contribution is 6.30. The maximum atomic E-state index is 5.96. The third-order valence-electron chi connectivity index (χ3n) is 3.33. The van der Waals surface area contributed by atoms with Crippen LogP contribution in [0.1, 0.15) is 17.5 Å². The van der Waals surface area contributed by atoms with E-state index in [9.17, 15) is 0 Å². The maximum Gasteiger partial charge on any atom is 0.127 e. The van der Waals surface area contributed by atoms with Gasteiger partial charge in [-0.25, -0.2) is 0 Å². The summed E-state index contributed by atoms with van der Waals surface area (Å²) in [6, 6.07) is 17.9. The van der Waals surface area contributed by atoms with Gasteiger partial charge in [0.25, 0.3) is 0 Å². The Labute approximate surface area is 130 Å². The van der Waals surface area contributed by atoms with Gasteiger partial charge < -0.3 is 9.47 Å². The Morgan fingerprint density at radius 1 is 1.14 bits per heavy atom. The molecule has 2 aromatic rings. The Morgan fingerprint density at radius 3 is 2.52 bits per heavy atom. The quantitative estimate of drug-likeness (QED) is 0.440. The Bertz CT molecular complexity index is 601. The van der Waals surface area contributed by atoms with E-state index in [1.54, 1.807) is 0 Å². The Morgan fingerprint density at radius 2 is 1.86 bits per heavy atom. The molecule has 0 aliphatic carbocycles. The number of halogens is 1. The second kappa shape index (κ2) is 6.79. The summed E-state index contributed by atoms with van der Waals surface area (Å²) in [5, 5.41) is 0.736. The van der Waals surface area contributed by atoms with Gasteiger partial charge in [-0.2, -0.15) is 0 Å². The molecule has 21 heavy (non-hydrogen) atoms. The van der Waals surface area contributed by atoms with Gasteiger partial charge in [-0.3, -0.25) is 0 Å². The first-order chi connectivity index (χ1) is 10.3. The molecule has 0 bridgehead atoms. The molecule has 3 rings (SSSR count).